The summed E-state index contributed by atoms with van der Waals surface area (Å²) in [5, 5.41) is 12.6. The van der Waals surface area contributed by atoms with E-state index in [9.17, 15) is 0 Å². The minimum absolute atomic E-state index is 0.0464. The van der Waals surface area contributed by atoms with Gasteiger partial charge in [-0.05, 0) is 40.3 Å². The maximum absolute atomic E-state index is 5.55. The Morgan fingerprint density at radius 1 is 1.11 bits per heavy atom. The minimum atomic E-state index is 0.0464. The third kappa shape index (κ3) is 3.96. The lowest BCUT2D eigenvalue weighted by Crippen LogP contribution is -3.14. The molecule has 0 saturated carbocycles. The van der Waals surface area contributed by atoms with Crippen LogP contribution in [0.1, 0.15) is 23.0 Å². The second-order valence-corrected chi connectivity index (χ2v) is 6.53. The number of quaternary nitrogens is 1. The molecule has 1 N–H and O–H groups in total. The van der Waals surface area contributed by atoms with Gasteiger partial charge in [0.2, 0.25) is 5.82 Å². The van der Waals surface area contributed by atoms with Crippen molar-refractivity contribution in [3.8, 4) is 5.75 Å². The summed E-state index contributed by atoms with van der Waals surface area (Å²) in [5.74, 6) is 1.69. The molecule has 4 rings (SSSR count). The summed E-state index contributed by atoms with van der Waals surface area (Å²) >= 11 is 0. The van der Waals surface area contributed by atoms with Crippen LogP contribution in [0.4, 0.5) is 0 Å². The van der Waals surface area contributed by atoms with Crippen LogP contribution in [-0.4, -0.2) is 58.6 Å². The molecular weight excluding hydrogens is 344 g/mol. The van der Waals surface area contributed by atoms with Crippen LogP contribution < -0.4 is 9.64 Å². The van der Waals surface area contributed by atoms with Gasteiger partial charge in [-0.3, -0.25) is 4.98 Å². The first-order valence-electron chi connectivity index (χ1n) is 9.06. The maximum Gasteiger partial charge on any atom is 0.214 e. The molecule has 1 aliphatic rings. The molecule has 8 nitrogen and oxygen atoms in total. The number of rotatable bonds is 6. The number of pyridine rings is 1. The summed E-state index contributed by atoms with van der Waals surface area (Å²) in [6, 6.07) is 12.1. The average Bonchev–Trinajstić information content (AvgIpc) is 3.18. The second-order valence-electron chi connectivity index (χ2n) is 6.53. The summed E-state index contributed by atoms with van der Waals surface area (Å²) < 4.78 is 12.7. The lowest BCUT2D eigenvalue weighted by Gasteiger charge is -2.30. The molecule has 1 fully saturated rings. The molecule has 3 heterocycles. The topological polar surface area (TPSA) is 79.4 Å². The van der Waals surface area contributed by atoms with Gasteiger partial charge >= 0.3 is 0 Å². The van der Waals surface area contributed by atoms with Gasteiger partial charge in [-0.2, -0.15) is 0 Å². The molecule has 0 amide bonds. The third-order valence-electron chi connectivity index (χ3n) is 4.89. The number of aromatic nitrogens is 5. The largest absolute Gasteiger partial charge is 0.497 e. The minimum Gasteiger partial charge on any atom is -0.497 e. The van der Waals surface area contributed by atoms with Gasteiger partial charge in [0, 0.05) is 18.0 Å². The van der Waals surface area contributed by atoms with Crippen molar-refractivity contribution in [3.63, 3.8) is 0 Å². The van der Waals surface area contributed by atoms with E-state index >= 15 is 0 Å². The van der Waals surface area contributed by atoms with Crippen LogP contribution in [-0.2, 0) is 11.3 Å². The van der Waals surface area contributed by atoms with Gasteiger partial charge in [0.1, 0.15) is 18.8 Å². The van der Waals surface area contributed by atoms with Crippen LogP contribution in [0.15, 0.2) is 48.8 Å². The second kappa shape index (κ2) is 8.24. The average molecular weight is 367 g/mol. The van der Waals surface area contributed by atoms with Crippen LogP contribution in [0.25, 0.3) is 0 Å². The van der Waals surface area contributed by atoms with Crippen LogP contribution in [0, 0.1) is 0 Å². The Kier molecular flexibility index (Phi) is 5.36. The summed E-state index contributed by atoms with van der Waals surface area (Å²) in [7, 11) is 1.67. The SMILES string of the molecule is COc1ccc(Cn2nnnc2[C@H](c2ccncc2)[NH+]2CCOCC2)cc1. The summed E-state index contributed by atoms with van der Waals surface area (Å²) in [6.45, 7) is 3.94. The van der Waals surface area contributed by atoms with Gasteiger partial charge in [-0.15, -0.1) is 5.10 Å². The highest BCUT2D eigenvalue weighted by molar-refractivity contribution is 5.27. The van der Waals surface area contributed by atoms with E-state index in [1.807, 2.05) is 53.5 Å². The molecule has 0 aliphatic carbocycles. The zero-order chi connectivity index (χ0) is 18.5. The van der Waals surface area contributed by atoms with Crippen LogP contribution >= 0.6 is 0 Å². The molecule has 140 valence electrons. The number of methoxy groups -OCH3 is 1. The monoisotopic (exact) mass is 367 g/mol. The Labute approximate surface area is 157 Å². The van der Waals surface area contributed by atoms with E-state index in [4.69, 9.17) is 9.47 Å². The fourth-order valence-electron chi connectivity index (χ4n) is 3.48. The van der Waals surface area contributed by atoms with E-state index in [0.717, 1.165) is 49.0 Å². The first kappa shape index (κ1) is 17.6. The number of hydrogen-bond donors (Lipinski definition) is 1. The fraction of sp³-hybridized carbons (Fsp3) is 0.368. The predicted octanol–water partition coefficient (Wildman–Crippen LogP) is 0.130. The van der Waals surface area contributed by atoms with Gasteiger partial charge in [0.15, 0.2) is 6.04 Å². The normalized spacial score (nSPS) is 16.2. The van der Waals surface area contributed by atoms with Crippen molar-refractivity contribution >= 4 is 0 Å². The number of ether oxygens (including phenoxy) is 2. The Bertz CT molecular complexity index is 846. The van der Waals surface area contributed by atoms with E-state index in [2.05, 4.69) is 20.5 Å². The quantitative estimate of drug-likeness (QED) is 0.667. The van der Waals surface area contributed by atoms with E-state index in [1.165, 1.54) is 4.90 Å². The lowest BCUT2D eigenvalue weighted by molar-refractivity contribution is -0.933. The van der Waals surface area contributed by atoms with Crippen molar-refractivity contribution in [2.75, 3.05) is 33.4 Å². The number of morpholine rings is 1. The number of benzene rings is 1. The van der Waals surface area contributed by atoms with E-state index < -0.39 is 0 Å². The molecule has 0 radical (unpaired) electrons. The standard InChI is InChI=1S/C19H22N6O2/c1-26-17-4-2-15(3-5-17)14-25-19(21-22-23-25)18(16-6-8-20-9-7-16)24-10-12-27-13-11-24/h2-9,18H,10-14H2,1H3/p+1/t18-/m0/s1. The Morgan fingerprint density at radius 3 is 2.56 bits per heavy atom. The molecule has 1 saturated heterocycles. The number of hydrogen-bond acceptors (Lipinski definition) is 6. The smallest absolute Gasteiger partial charge is 0.214 e. The Hall–Kier alpha value is -2.84. The number of tetrazole rings is 1. The van der Waals surface area contributed by atoms with Crippen molar-refractivity contribution < 1.29 is 14.4 Å². The van der Waals surface area contributed by atoms with Crippen molar-refractivity contribution in [1.82, 2.24) is 25.2 Å². The van der Waals surface area contributed by atoms with Gasteiger partial charge < -0.3 is 14.4 Å². The maximum atomic E-state index is 5.55. The van der Waals surface area contributed by atoms with E-state index in [0.29, 0.717) is 6.54 Å². The molecule has 1 aliphatic heterocycles. The van der Waals surface area contributed by atoms with Gasteiger partial charge in [-0.25, -0.2) is 4.68 Å². The van der Waals surface area contributed by atoms with Crippen LogP contribution in [0.5, 0.6) is 5.75 Å². The van der Waals surface area contributed by atoms with E-state index in [1.54, 1.807) is 7.11 Å². The molecule has 0 unspecified atom stereocenters. The zero-order valence-electron chi connectivity index (χ0n) is 15.3. The van der Waals surface area contributed by atoms with E-state index in [-0.39, 0.29) is 6.04 Å². The van der Waals surface area contributed by atoms with Gasteiger partial charge in [0.25, 0.3) is 0 Å². The fourth-order valence-corrected chi connectivity index (χ4v) is 3.48. The lowest BCUT2D eigenvalue weighted by atomic mass is 10.1. The molecule has 1 aromatic carbocycles. The van der Waals surface area contributed by atoms with Crippen molar-refractivity contribution in [1.29, 1.82) is 0 Å². The van der Waals surface area contributed by atoms with Crippen LogP contribution in [0.2, 0.25) is 0 Å². The first-order valence-corrected chi connectivity index (χ1v) is 9.06. The molecule has 27 heavy (non-hydrogen) atoms. The Balaban J connectivity index is 1.65. The highest BCUT2D eigenvalue weighted by Crippen LogP contribution is 2.18. The van der Waals surface area contributed by atoms with Gasteiger partial charge in [-0.1, -0.05) is 12.1 Å². The molecule has 3 aromatic rings. The summed E-state index contributed by atoms with van der Waals surface area (Å²) in [5.41, 5.74) is 2.28. The Morgan fingerprint density at radius 2 is 1.85 bits per heavy atom. The van der Waals surface area contributed by atoms with Gasteiger partial charge in [0.05, 0.1) is 26.9 Å². The van der Waals surface area contributed by atoms with Crippen molar-refractivity contribution in [2.24, 2.45) is 0 Å². The third-order valence-corrected chi connectivity index (χ3v) is 4.89. The van der Waals surface area contributed by atoms with Crippen molar-refractivity contribution in [3.05, 3.63) is 65.7 Å². The highest BCUT2D eigenvalue weighted by Gasteiger charge is 2.32. The first-order chi connectivity index (χ1) is 13.3. The number of nitrogens with one attached hydrogen (secondary N) is 1. The molecule has 0 spiro atoms. The van der Waals surface area contributed by atoms with Crippen molar-refractivity contribution in [2.45, 2.75) is 12.6 Å². The number of nitrogens with zero attached hydrogens (tertiary/aromatic N) is 5. The molecule has 0 bridgehead atoms. The molecule has 1 atom stereocenters. The predicted molar refractivity (Wildman–Crippen MR) is 97.5 cm³/mol. The zero-order valence-corrected chi connectivity index (χ0v) is 15.3. The summed E-state index contributed by atoms with van der Waals surface area (Å²) in [6.07, 6.45) is 3.64. The molecule has 8 heteroatoms. The molecule has 2 aromatic heterocycles. The summed E-state index contributed by atoms with van der Waals surface area (Å²) in [4.78, 5) is 5.56. The molecular formula is C19H23N6O2+. The highest BCUT2D eigenvalue weighted by atomic mass is 16.5. The van der Waals surface area contributed by atoms with Crippen LogP contribution in [0.3, 0.4) is 0 Å².